The van der Waals surface area contributed by atoms with Gasteiger partial charge in [-0.05, 0) is 30.8 Å². The minimum absolute atomic E-state index is 0.0134. The van der Waals surface area contributed by atoms with E-state index in [1.165, 1.54) is 6.07 Å². The zero-order valence-corrected chi connectivity index (χ0v) is 11.1. The van der Waals surface area contributed by atoms with E-state index in [4.69, 9.17) is 0 Å². The average molecular weight is 328 g/mol. The molecule has 1 rings (SSSR count). The van der Waals surface area contributed by atoms with Crippen LogP contribution in [0, 0.1) is 0 Å². The molecule has 102 valence electrons. The molecular formula is C11H13BrF3NO2. The van der Waals surface area contributed by atoms with Gasteiger partial charge in [0.2, 0.25) is 0 Å². The highest BCUT2D eigenvalue weighted by Gasteiger charge is 2.32. The van der Waals surface area contributed by atoms with Crippen molar-refractivity contribution in [3.63, 3.8) is 0 Å². The third kappa shape index (κ3) is 3.94. The van der Waals surface area contributed by atoms with Crippen molar-refractivity contribution in [2.24, 2.45) is 0 Å². The van der Waals surface area contributed by atoms with E-state index < -0.39 is 23.9 Å². The number of hydrogen-bond donors (Lipinski definition) is 3. The van der Waals surface area contributed by atoms with Gasteiger partial charge >= 0.3 is 6.18 Å². The summed E-state index contributed by atoms with van der Waals surface area (Å²) in [5.41, 5.74) is -0.859. The molecule has 2 unspecified atom stereocenters. The Labute approximate surface area is 111 Å². The normalized spacial score (nSPS) is 15.5. The molecule has 0 aliphatic heterocycles. The summed E-state index contributed by atoms with van der Waals surface area (Å²) in [7, 11) is 1.57. The predicted octanol–water partition coefficient (Wildman–Crippen LogP) is 2.08. The average Bonchev–Trinajstić information content (AvgIpc) is 2.26. The zero-order chi connectivity index (χ0) is 13.9. The van der Waals surface area contributed by atoms with Crippen LogP contribution in [0.3, 0.4) is 0 Å². The van der Waals surface area contributed by atoms with Crippen molar-refractivity contribution in [1.82, 2.24) is 5.32 Å². The van der Waals surface area contributed by atoms with Gasteiger partial charge in [0.1, 0.15) is 6.10 Å². The van der Waals surface area contributed by atoms with Gasteiger partial charge in [0, 0.05) is 11.0 Å². The van der Waals surface area contributed by atoms with Crippen LogP contribution in [0.2, 0.25) is 0 Å². The number of hydrogen-bond acceptors (Lipinski definition) is 3. The maximum absolute atomic E-state index is 12.6. The molecule has 2 atom stereocenters. The van der Waals surface area contributed by atoms with Crippen molar-refractivity contribution in [1.29, 1.82) is 0 Å². The van der Waals surface area contributed by atoms with Gasteiger partial charge in [0.15, 0.2) is 0 Å². The Morgan fingerprint density at radius 1 is 1.28 bits per heavy atom. The Kier molecular flexibility index (Phi) is 5.15. The van der Waals surface area contributed by atoms with Gasteiger partial charge in [-0.1, -0.05) is 15.9 Å². The van der Waals surface area contributed by atoms with E-state index >= 15 is 0 Å². The molecule has 1 aromatic carbocycles. The first-order valence-corrected chi connectivity index (χ1v) is 5.93. The quantitative estimate of drug-likeness (QED) is 0.793. The van der Waals surface area contributed by atoms with E-state index in [0.717, 1.165) is 12.1 Å². The summed E-state index contributed by atoms with van der Waals surface area (Å²) in [6.45, 7) is 0.0784. The molecule has 0 aromatic heterocycles. The lowest BCUT2D eigenvalue weighted by molar-refractivity contribution is -0.137. The van der Waals surface area contributed by atoms with Crippen LogP contribution in [0.4, 0.5) is 13.2 Å². The second-order valence-corrected chi connectivity index (χ2v) is 4.76. The van der Waals surface area contributed by atoms with Crippen LogP contribution in [0.15, 0.2) is 22.7 Å². The van der Waals surface area contributed by atoms with Crippen molar-refractivity contribution in [3.8, 4) is 0 Å². The van der Waals surface area contributed by atoms with Crippen LogP contribution in [0.1, 0.15) is 17.2 Å². The summed E-state index contributed by atoms with van der Waals surface area (Å²) < 4.78 is 37.9. The van der Waals surface area contributed by atoms with Crippen LogP contribution in [-0.4, -0.2) is 29.9 Å². The third-order valence-electron chi connectivity index (χ3n) is 2.37. The number of aliphatic hydroxyl groups excluding tert-OH is 2. The largest absolute Gasteiger partial charge is 0.416 e. The van der Waals surface area contributed by atoms with Crippen molar-refractivity contribution >= 4 is 15.9 Å². The summed E-state index contributed by atoms with van der Waals surface area (Å²) >= 11 is 2.95. The Morgan fingerprint density at radius 3 is 2.39 bits per heavy atom. The molecule has 3 N–H and O–H groups in total. The molecule has 0 radical (unpaired) electrons. The Morgan fingerprint density at radius 2 is 1.89 bits per heavy atom. The fourth-order valence-electron chi connectivity index (χ4n) is 1.49. The molecule has 0 fully saturated rings. The van der Waals surface area contributed by atoms with Crippen molar-refractivity contribution < 1.29 is 23.4 Å². The van der Waals surface area contributed by atoms with Gasteiger partial charge in [0.05, 0.1) is 11.7 Å². The number of rotatable bonds is 4. The van der Waals surface area contributed by atoms with E-state index in [1.807, 2.05) is 0 Å². The number of likely N-dealkylation sites (N-methyl/N-ethyl adjacent to an activating group) is 1. The number of halogens is 4. The predicted molar refractivity (Wildman–Crippen MR) is 64.0 cm³/mol. The topological polar surface area (TPSA) is 52.5 Å². The van der Waals surface area contributed by atoms with Crippen LogP contribution in [0.25, 0.3) is 0 Å². The second kappa shape index (κ2) is 6.01. The van der Waals surface area contributed by atoms with Crippen LogP contribution >= 0.6 is 15.9 Å². The van der Waals surface area contributed by atoms with Crippen LogP contribution in [-0.2, 0) is 6.18 Å². The molecular weight excluding hydrogens is 315 g/mol. The highest BCUT2D eigenvalue weighted by Crippen LogP contribution is 2.33. The van der Waals surface area contributed by atoms with Crippen molar-refractivity contribution in [2.75, 3.05) is 13.6 Å². The van der Waals surface area contributed by atoms with Gasteiger partial charge in [-0.2, -0.15) is 13.2 Å². The number of alkyl halides is 3. The summed E-state index contributed by atoms with van der Waals surface area (Å²) in [6.07, 6.45) is -7.05. The maximum Gasteiger partial charge on any atom is 0.416 e. The third-order valence-corrected chi connectivity index (χ3v) is 2.82. The highest BCUT2D eigenvalue weighted by molar-refractivity contribution is 9.10. The van der Waals surface area contributed by atoms with E-state index in [-0.39, 0.29) is 16.6 Å². The molecule has 7 heteroatoms. The fourth-order valence-corrected chi connectivity index (χ4v) is 2.00. The standard InChI is InChI=1S/C11H13BrF3NO2/c1-16-5-9(17)10(18)6-2-7(11(13,14)15)4-8(12)3-6/h2-4,9-10,16-18H,5H2,1H3. The Balaban J connectivity index is 3.06. The lowest BCUT2D eigenvalue weighted by Crippen LogP contribution is -2.29. The second-order valence-electron chi connectivity index (χ2n) is 3.84. The molecule has 3 nitrogen and oxygen atoms in total. The molecule has 0 spiro atoms. The molecule has 0 bridgehead atoms. The Hall–Kier alpha value is -0.630. The lowest BCUT2D eigenvalue weighted by Gasteiger charge is -2.19. The lowest BCUT2D eigenvalue weighted by atomic mass is 10.0. The van der Waals surface area contributed by atoms with E-state index in [1.54, 1.807) is 7.05 Å². The molecule has 0 saturated heterocycles. The van der Waals surface area contributed by atoms with Crippen LogP contribution in [0.5, 0.6) is 0 Å². The molecule has 0 aliphatic carbocycles. The van der Waals surface area contributed by atoms with Gasteiger partial charge in [-0.3, -0.25) is 0 Å². The van der Waals surface area contributed by atoms with Gasteiger partial charge in [-0.25, -0.2) is 0 Å². The molecule has 1 aromatic rings. The SMILES string of the molecule is CNCC(O)C(O)c1cc(Br)cc(C(F)(F)F)c1. The highest BCUT2D eigenvalue weighted by atomic mass is 79.9. The van der Waals surface area contributed by atoms with Crippen molar-refractivity contribution in [3.05, 3.63) is 33.8 Å². The van der Waals surface area contributed by atoms with Gasteiger partial charge < -0.3 is 15.5 Å². The summed E-state index contributed by atoms with van der Waals surface area (Å²) in [6, 6.07) is 3.09. The molecule has 0 aliphatic rings. The smallest absolute Gasteiger partial charge is 0.389 e. The molecule has 0 heterocycles. The monoisotopic (exact) mass is 327 g/mol. The maximum atomic E-state index is 12.6. The van der Waals surface area contributed by atoms with Crippen LogP contribution < -0.4 is 5.32 Å². The van der Waals surface area contributed by atoms with E-state index in [0.29, 0.717) is 0 Å². The number of nitrogens with one attached hydrogen (secondary N) is 1. The van der Waals surface area contributed by atoms with Crippen molar-refractivity contribution in [2.45, 2.75) is 18.4 Å². The summed E-state index contributed by atoms with van der Waals surface area (Å²) in [4.78, 5) is 0. The van der Waals surface area contributed by atoms with Gasteiger partial charge in [0.25, 0.3) is 0 Å². The number of aliphatic hydroxyl groups is 2. The first-order chi connectivity index (χ1) is 8.25. The number of benzene rings is 1. The van der Waals surface area contributed by atoms with Gasteiger partial charge in [-0.15, -0.1) is 0 Å². The molecule has 18 heavy (non-hydrogen) atoms. The summed E-state index contributed by atoms with van der Waals surface area (Å²) in [5.74, 6) is 0. The molecule has 0 saturated carbocycles. The zero-order valence-electron chi connectivity index (χ0n) is 9.50. The first-order valence-electron chi connectivity index (χ1n) is 5.14. The Bertz CT molecular complexity index is 412. The minimum Gasteiger partial charge on any atom is -0.389 e. The molecule has 0 amide bonds. The van der Waals surface area contributed by atoms with E-state index in [2.05, 4.69) is 21.2 Å². The fraction of sp³-hybridized carbons (Fsp3) is 0.455. The van der Waals surface area contributed by atoms with E-state index in [9.17, 15) is 23.4 Å². The first kappa shape index (κ1) is 15.4. The minimum atomic E-state index is -4.49. The summed E-state index contributed by atoms with van der Waals surface area (Å²) in [5, 5.41) is 21.9.